The van der Waals surface area contributed by atoms with Crippen LogP contribution in [0.15, 0.2) is 95.0 Å². The van der Waals surface area contributed by atoms with Gasteiger partial charge in [-0.1, -0.05) is 62.7 Å². The minimum absolute atomic E-state index is 0.109. The van der Waals surface area contributed by atoms with Crippen LogP contribution in [0.5, 0.6) is 5.75 Å². The quantitative estimate of drug-likeness (QED) is 0.348. The minimum atomic E-state index is -0.721. The van der Waals surface area contributed by atoms with E-state index in [0.717, 1.165) is 79.4 Å². The molecule has 1 spiro atoms. The zero-order valence-corrected chi connectivity index (χ0v) is 24.4. The second-order valence-electron chi connectivity index (χ2n) is 12.6. The molecule has 5 nitrogen and oxygen atoms in total. The Balaban J connectivity index is 1.44. The van der Waals surface area contributed by atoms with Crippen molar-refractivity contribution >= 4 is 17.5 Å². The fourth-order valence-electron chi connectivity index (χ4n) is 8.64. The van der Waals surface area contributed by atoms with E-state index in [1.54, 1.807) is 12.1 Å². The number of ether oxygens (including phenoxy) is 2. The van der Waals surface area contributed by atoms with E-state index in [1.807, 2.05) is 18.2 Å². The topological polar surface area (TPSA) is 72.8 Å². The van der Waals surface area contributed by atoms with Gasteiger partial charge in [0, 0.05) is 17.1 Å². The highest BCUT2D eigenvalue weighted by atomic mass is 16.5. The average Bonchev–Trinajstić information content (AvgIpc) is 3.49. The van der Waals surface area contributed by atoms with Gasteiger partial charge in [0.1, 0.15) is 17.3 Å². The van der Waals surface area contributed by atoms with Crippen molar-refractivity contribution in [2.24, 2.45) is 29.1 Å². The highest BCUT2D eigenvalue weighted by Crippen LogP contribution is 2.71. The predicted molar refractivity (Wildman–Crippen MR) is 161 cm³/mol. The first-order chi connectivity index (χ1) is 20.5. The molecule has 216 valence electrons. The molecule has 1 saturated carbocycles. The summed E-state index contributed by atoms with van der Waals surface area (Å²) in [6.45, 7) is 4.30. The third-order valence-corrected chi connectivity index (χ3v) is 10.4. The highest BCUT2D eigenvalue weighted by molar-refractivity contribution is 6.06. The molecule has 2 heterocycles. The Morgan fingerprint density at radius 1 is 1.00 bits per heavy atom. The van der Waals surface area contributed by atoms with Gasteiger partial charge in [-0.15, -0.1) is 0 Å². The molecule has 5 unspecified atom stereocenters. The monoisotopic (exact) mass is 562 g/mol. The summed E-state index contributed by atoms with van der Waals surface area (Å²) < 4.78 is 12.3. The predicted octanol–water partition coefficient (Wildman–Crippen LogP) is 7.83. The lowest BCUT2D eigenvalue weighted by Gasteiger charge is -2.56. The van der Waals surface area contributed by atoms with E-state index in [2.05, 4.69) is 50.3 Å². The second-order valence-corrected chi connectivity index (χ2v) is 12.6. The van der Waals surface area contributed by atoms with Crippen molar-refractivity contribution < 1.29 is 24.2 Å². The summed E-state index contributed by atoms with van der Waals surface area (Å²) in [5, 5.41) is 10.4. The van der Waals surface area contributed by atoms with E-state index in [9.17, 15) is 14.7 Å². The van der Waals surface area contributed by atoms with Crippen molar-refractivity contribution in [1.29, 1.82) is 0 Å². The molecular formula is C37H38O5. The van der Waals surface area contributed by atoms with Gasteiger partial charge in [0.2, 0.25) is 0 Å². The number of aromatic hydroxyl groups is 1. The number of phenols is 1. The van der Waals surface area contributed by atoms with Crippen molar-refractivity contribution in [3.05, 3.63) is 106 Å². The maximum absolute atomic E-state index is 14.0. The molecule has 0 radical (unpaired) electrons. The van der Waals surface area contributed by atoms with Crippen LogP contribution < -0.4 is 0 Å². The fraction of sp³-hybridized carbons (Fsp3) is 0.405. The number of carbonyl (C=O) groups is 2. The number of esters is 2. The van der Waals surface area contributed by atoms with Gasteiger partial charge in [-0.05, 0) is 104 Å². The number of phenolic OH excluding ortho intramolecular Hbond substituents is 1. The summed E-state index contributed by atoms with van der Waals surface area (Å²) in [5.41, 5.74) is 4.90. The summed E-state index contributed by atoms with van der Waals surface area (Å²) in [7, 11) is 0. The molecule has 5 atom stereocenters. The van der Waals surface area contributed by atoms with Crippen LogP contribution in [-0.2, 0) is 25.5 Å². The number of allylic oxidation sites excluding steroid dienone is 5. The molecule has 2 aromatic rings. The largest absolute Gasteiger partial charge is 0.508 e. The molecule has 42 heavy (non-hydrogen) atoms. The molecule has 2 bridgehead atoms. The average molecular weight is 563 g/mol. The summed E-state index contributed by atoms with van der Waals surface area (Å²) >= 11 is 0. The number of cyclic esters (lactones) is 2. The van der Waals surface area contributed by atoms with Crippen LogP contribution in [0.3, 0.4) is 0 Å². The standard InChI is InChI=1S/C37H38O5/c1-3-5-14-29-28-16-15-27-26-17-18-37(33(27)32(28)35(39)41-29)30(20-22(4-2)19-23-10-7-6-8-11-23)42-36(40)34(37)31(26)24-12-9-13-25(38)21-24/h6-14,20-22,26-27,33,38H,3-5,15-19H2,1-2H3. The van der Waals surface area contributed by atoms with Crippen LogP contribution in [0.4, 0.5) is 0 Å². The third-order valence-electron chi connectivity index (χ3n) is 10.4. The second kappa shape index (κ2) is 10.4. The van der Waals surface area contributed by atoms with Crippen LogP contribution in [-0.4, -0.2) is 17.0 Å². The SMILES string of the molecule is CCCC=C1OC(=O)C2=C1CCC1C3CCC4(C(=CC(CC)Cc5ccccc5)OC(=O)C4=C3c3cccc(O)c3)C21. The van der Waals surface area contributed by atoms with E-state index < -0.39 is 5.41 Å². The molecule has 0 aromatic heterocycles. The van der Waals surface area contributed by atoms with Gasteiger partial charge in [0.05, 0.1) is 11.0 Å². The van der Waals surface area contributed by atoms with Crippen molar-refractivity contribution in [2.75, 3.05) is 0 Å². The smallest absolute Gasteiger partial charge is 0.340 e. The first-order valence-electron chi connectivity index (χ1n) is 15.6. The van der Waals surface area contributed by atoms with E-state index in [-0.39, 0.29) is 41.4 Å². The van der Waals surface area contributed by atoms with Crippen molar-refractivity contribution in [3.8, 4) is 5.75 Å². The molecule has 8 rings (SSSR count). The first kappa shape index (κ1) is 27.0. The Bertz CT molecular complexity index is 1570. The Morgan fingerprint density at radius 2 is 1.83 bits per heavy atom. The summed E-state index contributed by atoms with van der Waals surface area (Å²) in [5.74, 6) is 1.36. The maximum atomic E-state index is 14.0. The molecule has 1 saturated heterocycles. The Morgan fingerprint density at radius 3 is 2.60 bits per heavy atom. The van der Waals surface area contributed by atoms with Gasteiger partial charge in [-0.2, -0.15) is 0 Å². The van der Waals surface area contributed by atoms with Gasteiger partial charge in [0.25, 0.3) is 0 Å². The van der Waals surface area contributed by atoms with Crippen LogP contribution in [0, 0.1) is 29.1 Å². The van der Waals surface area contributed by atoms with Crippen LogP contribution in [0.1, 0.15) is 69.9 Å². The minimum Gasteiger partial charge on any atom is -0.508 e. The van der Waals surface area contributed by atoms with Gasteiger partial charge in [-0.3, -0.25) is 0 Å². The van der Waals surface area contributed by atoms with Gasteiger partial charge in [-0.25, -0.2) is 9.59 Å². The van der Waals surface area contributed by atoms with E-state index in [4.69, 9.17) is 9.47 Å². The van der Waals surface area contributed by atoms with Crippen LogP contribution in [0.25, 0.3) is 5.57 Å². The summed E-state index contributed by atoms with van der Waals surface area (Å²) in [4.78, 5) is 27.7. The van der Waals surface area contributed by atoms with Crippen molar-refractivity contribution in [2.45, 2.75) is 65.2 Å². The number of unbranched alkanes of at least 4 members (excludes halogenated alkanes) is 1. The van der Waals surface area contributed by atoms with Gasteiger partial charge >= 0.3 is 11.9 Å². The van der Waals surface area contributed by atoms with Crippen molar-refractivity contribution in [3.63, 3.8) is 0 Å². The lowest BCUT2D eigenvalue weighted by molar-refractivity contribution is -0.135. The number of hydrogen-bond acceptors (Lipinski definition) is 5. The number of fused-ring (bicyclic) bond motifs is 1. The molecule has 2 aliphatic heterocycles. The van der Waals surface area contributed by atoms with E-state index in [0.29, 0.717) is 11.3 Å². The van der Waals surface area contributed by atoms with Crippen LogP contribution >= 0.6 is 0 Å². The molecule has 2 aromatic carbocycles. The third kappa shape index (κ3) is 4.04. The molecule has 5 heteroatoms. The molecule has 0 amide bonds. The number of hydrogen-bond donors (Lipinski definition) is 1. The number of carbonyl (C=O) groups excluding carboxylic acids is 2. The Labute approximate surface area is 247 Å². The molecule has 6 aliphatic rings. The fourth-order valence-corrected chi connectivity index (χ4v) is 8.64. The number of rotatable bonds is 7. The van der Waals surface area contributed by atoms with Crippen molar-refractivity contribution in [1.82, 2.24) is 0 Å². The Kier molecular flexibility index (Phi) is 6.72. The zero-order chi connectivity index (χ0) is 29.0. The maximum Gasteiger partial charge on any atom is 0.340 e. The normalized spacial score (nSPS) is 30.4. The lowest BCUT2D eigenvalue weighted by Crippen LogP contribution is -2.52. The Hall–Kier alpha value is -3.86. The van der Waals surface area contributed by atoms with E-state index >= 15 is 0 Å². The van der Waals surface area contributed by atoms with Gasteiger partial charge < -0.3 is 14.6 Å². The molecular weight excluding hydrogens is 524 g/mol. The number of benzene rings is 2. The zero-order valence-electron chi connectivity index (χ0n) is 24.4. The first-order valence-corrected chi connectivity index (χ1v) is 15.6. The highest BCUT2D eigenvalue weighted by Gasteiger charge is 2.68. The van der Waals surface area contributed by atoms with Crippen LogP contribution in [0.2, 0.25) is 0 Å². The molecule has 4 aliphatic carbocycles. The summed E-state index contributed by atoms with van der Waals surface area (Å²) in [6, 6.07) is 17.7. The molecule has 1 N–H and O–H groups in total. The lowest BCUT2D eigenvalue weighted by atomic mass is 9.44. The van der Waals surface area contributed by atoms with Gasteiger partial charge in [0.15, 0.2) is 0 Å². The molecule has 2 fully saturated rings. The van der Waals surface area contributed by atoms with E-state index in [1.165, 1.54) is 5.56 Å². The summed E-state index contributed by atoms with van der Waals surface area (Å²) in [6.07, 6.45) is 11.3.